The molecule has 0 aliphatic rings. The maximum absolute atomic E-state index is 13.8. The molecular formula is C30H33BrCl2N2O3. The minimum Gasteiger partial charge on any atom is -0.483 e. The molecule has 0 saturated carbocycles. The highest BCUT2D eigenvalue weighted by Crippen LogP contribution is 2.29. The summed E-state index contributed by atoms with van der Waals surface area (Å²) in [5.74, 6) is -0.0890. The van der Waals surface area contributed by atoms with Crippen LogP contribution in [0.15, 0.2) is 71.2 Å². The van der Waals surface area contributed by atoms with Crippen LogP contribution in [0.5, 0.6) is 5.75 Å². The fraction of sp³-hybridized carbons (Fsp3) is 0.333. The van der Waals surface area contributed by atoms with Gasteiger partial charge in [-0.3, -0.25) is 9.59 Å². The van der Waals surface area contributed by atoms with Crippen molar-refractivity contribution in [1.82, 2.24) is 10.2 Å². The number of hydrogen-bond donors (Lipinski definition) is 1. The third-order valence-corrected chi connectivity index (χ3v) is 7.24. The van der Waals surface area contributed by atoms with Gasteiger partial charge in [-0.2, -0.15) is 0 Å². The second-order valence-corrected chi connectivity index (χ2v) is 11.7. The van der Waals surface area contributed by atoms with Crippen LogP contribution in [-0.4, -0.2) is 34.9 Å². The number of nitrogens with zero attached hydrogens (tertiary/aromatic N) is 1. The third kappa shape index (κ3) is 8.48. The SMILES string of the molecule is CCc1ccc(OCC(=O)N(Cc2c(Cl)cccc2Cl)[C@@H](Cc2ccccc2)C(=O)NC(C)(C)C)c(Br)c1. The van der Waals surface area contributed by atoms with Gasteiger partial charge in [0.15, 0.2) is 6.61 Å². The van der Waals surface area contributed by atoms with Crippen molar-refractivity contribution < 1.29 is 14.3 Å². The van der Waals surface area contributed by atoms with E-state index < -0.39 is 11.6 Å². The van der Waals surface area contributed by atoms with Crippen molar-refractivity contribution in [3.63, 3.8) is 0 Å². The molecule has 3 aromatic carbocycles. The van der Waals surface area contributed by atoms with Gasteiger partial charge in [-0.15, -0.1) is 0 Å². The number of aryl methyl sites for hydroxylation is 1. The summed E-state index contributed by atoms with van der Waals surface area (Å²) < 4.78 is 6.68. The molecule has 0 aliphatic carbocycles. The molecule has 3 rings (SSSR count). The lowest BCUT2D eigenvalue weighted by Crippen LogP contribution is -2.55. The predicted octanol–water partition coefficient (Wildman–Crippen LogP) is 7.25. The predicted molar refractivity (Wildman–Crippen MR) is 158 cm³/mol. The fourth-order valence-electron chi connectivity index (χ4n) is 3.96. The number of carbonyl (C=O) groups is 2. The van der Waals surface area contributed by atoms with Crippen molar-refractivity contribution >= 4 is 50.9 Å². The Labute approximate surface area is 243 Å². The number of benzene rings is 3. The molecule has 2 amide bonds. The topological polar surface area (TPSA) is 58.6 Å². The maximum Gasteiger partial charge on any atom is 0.261 e. The molecule has 5 nitrogen and oxygen atoms in total. The molecule has 8 heteroatoms. The third-order valence-electron chi connectivity index (χ3n) is 5.92. The van der Waals surface area contributed by atoms with E-state index in [9.17, 15) is 9.59 Å². The van der Waals surface area contributed by atoms with Crippen molar-refractivity contribution in [3.8, 4) is 5.75 Å². The Morgan fingerprint density at radius 3 is 2.21 bits per heavy atom. The van der Waals surface area contributed by atoms with E-state index in [4.69, 9.17) is 27.9 Å². The summed E-state index contributed by atoms with van der Waals surface area (Å²) in [6, 6.07) is 19.7. The zero-order chi connectivity index (χ0) is 27.9. The standard InChI is InChI=1S/C30H33BrCl2N2O3/c1-5-20-14-15-27(23(31)16-20)38-19-28(36)35(18-22-24(32)12-9-13-25(22)33)26(29(37)34-30(2,3)4)17-21-10-7-6-8-11-21/h6-16,26H,5,17-19H2,1-4H3,(H,34,37)/t26-/m0/s1. The number of amides is 2. The van der Waals surface area contributed by atoms with Gasteiger partial charge >= 0.3 is 0 Å². The Morgan fingerprint density at radius 2 is 1.63 bits per heavy atom. The molecular weight excluding hydrogens is 587 g/mol. The molecule has 0 bridgehead atoms. The Hall–Kier alpha value is -2.54. The van der Waals surface area contributed by atoms with Crippen molar-refractivity contribution in [2.45, 2.75) is 58.7 Å². The molecule has 3 aromatic rings. The van der Waals surface area contributed by atoms with Crippen LogP contribution in [0.25, 0.3) is 0 Å². The number of carbonyl (C=O) groups excluding carboxylic acids is 2. The Bertz CT molecular complexity index is 1240. The van der Waals surface area contributed by atoms with E-state index in [2.05, 4.69) is 28.2 Å². The molecule has 0 fully saturated rings. The monoisotopic (exact) mass is 618 g/mol. The van der Waals surface area contributed by atoms with E-state index in [0.29, 0.717) is 27.8 Å². The number of rotatable bonds is 10. The maximum atomic E-state index is 13.8. The van der Waals surface area contributed by atoms with E-state index in [1.54, 1.807) is 18.2 Å². The van der Waals surface area contributed by atoms with Gasteiger partial charge in [0.25, 0.3) is 5.91 Å². The normalized spacial score (nSPS) is 12.1. The van der Waals surface area contributed by atoms with Gasteiger partial charge in [-0.1, -0.05) is 72.6 Å². The Morgan fingerprint density at radius 1 is 0.974 bits per heavy atom. The van der Waals surface area contributed by atoms with Crippen LogP contribution in [0, 0.1) is 0 Å². The summed E-state index contributed by atoms with van der Waals surface area (Å²) in [7, 11) is 0. The van der Waals surface area contributed by atoms with Gasteiger partial charge in [0, 0.05) is 34.1 Å². The summed E-state index contributed by atoms with van der Waals surface area (Å²) in [5, 5.41) is 3.88. The summed E-state index contributed by atoms with van der Waals surface area (Å²) in [4.78, 5) is 29.0. The van der Waals surface area contributed by atoms with Crippen LogP contribution < -0.4 is 10.1 Å². The molecule has 1 atom stereocenters. The van der Waals surface area contributed by atoms with Crippen LogP contribution in [0.1, 0.15) is 44.4 Å². The molecule has 38 heavy (non-hydrogen) atoms. The van der Waals surface area contributed by atoms with Gasteiger partial charge in [0.1, 0.15) is 11.8 Å². The zero-order valence-electron chi connectivity index (χ0n) is 22.1. The number of nitrogens with one attached hydrogen (secondary N) is 1. The van der Waals surface area contributed by atoms with Gasteiger partial charge in [0.05, 0.1) is 4.47 Å². The van der Waals surface area contributed by atoms with Crippen LogP contribution in [0.4, 0.5) is 0 Å². The van der Waals surface area contributed by atoms with Crippen molar-refractivity contribution in [2.75, 3.05) is 6.61 Å². The van der Waals surface area contributed by atoms with E-state index in [0.717, 1.165) is 22.0 Å². The number of hydrogen-bond acceptors (Lipinski definition) is 3. The van der Waals surface area contributed by atoms with Crippen LogP contribution in [-0.2, 0) is 29.0 Å². The average Bonchev–Trinajstić information content (AvgIpc) is 2.86. The molecule has 0 aliphatic heterocycles. The second-order valence-electron chi connectivity index (χ2n) is 10.1. The van der Waals surface area contributed by atoms with Crippen LogP contribution in [0.3, 0.4) is 0 Å². The highest BCUT2D eigenvalue weighted by atomic mass is 79.9. The molecule has 1 N–H and O–H groups in total. The van der Waals surface area contributed by atoms with Gasteiger partial charge < -0.3 is 15.0 Å². The quantitative estimate of drug-likeness (QED) is 0.260. The molecule has 0 heterocycles. The molecule has 0 spiro atoms. The van der Waals surface area contributed by atoms with Crippen molar-refractivity contribution in [1.29, 1.82) is 0 Å². The molecule has 0 unspecified atom stereocenters. The lowest BCUT2D eigenvalue weighted by atomic mass is 10.0. The molecule has 0 radical (unpaired) electrons. The zero-order valence-corrected chi connectivity index (χ0v) is 25.2. The number of ether oxygens (including phenoxy) is 1. The van der Waals surface area contributed by atoms with Gasteiger partial charge in [-0.25, -0.2) is 0 Å². The number of halogens is 3. The van der Waals surface area contributed by atoms with Gasteiger partial charge in [0.2, 0.25) is 5.91 Å². The molecule has 202 valence electrons. The fourth-order valence-corrected chi connectivity index (χ4v) is 5.02. The van der Waals surface area contributed by atoms with Crippen LogP contribution >= 0.6 is 39.1 Å². The smallest absolute Gasteiger partial charge is 0.261 e. The first-order valence-electron chi connectivity index (χ1n) is 12.5. The van der Waals surface area contributed by atoms with E-state index >= 15 is 0 Å². The molecule has 0 aromatic heterocycles. The summed E-state index contributed by atoms with van der Waals surface area (Å²) in [5.41, 5.74) is 2.14. The van der Waals surface area contributed by atoms with Crippen molar-refractivity contribution in [3.05, 3.63) is 97.9 Å². The van der Waals surface area contributed by atoms with Crippen LogP contribution in [0.2, 0.25) is 10.0 Å². The first kappa shape index (κ1) is 30.0. The largest absolute Gasteiger partial charge is 0.483 e. The van der Waals surface area contributed by atoms with Gasteiger partial charge in [-0.05, 0) is 78.5 Å². The first-order chi connectivity index (χ1) is 18.0. The highest BCUT2D eigenvalue weighted by molar-refractivity contribution is 9.10. The average molecular weight is 620 g/mol. The summed E-state index contributed by atoms with van der Waals surface area (Å²) in [6.07, 6.45) is 1.19. The molecule has 0 saturated heterocycles. The van der Waals surface area contributed by atoms with E-state index in [1.807, 2.05) is 69.3 Å². The minimum absolute atomic E-state index is 0.0473. The van der Waals surface area contributed by atoms with E-state index in [-0.39, 0.29) is 25.0 Å². The first-order valence-corrected chi connectivity index (χ1v) is 14.0. The lowest BCUT2D eigenvalue weighted by molar-refractivity contribution is -0.143. The minimum atomic E-state index is -0.828. The summed E-state index contributed by atoms with van der Waals surface area (Å²) in [6.45, 7) is 7.57. The second kappa shape index (κ2) is 13.5. The highest BCUT2D eigenvalue weighted by Gasteiger charge is 2.33. The Kier molecular flexibility index (Phi) is 10.7. The Balaban J connectivity index is 1.98. The lowest BCUT2D eigenvalue weighted by Gasteiger charge is -2.34. The van der Waals surface area contributed by atoms with Crippen molar-refractivity contribution in [2.24, 2.45) is 0 Å². The summed E-state index contributed by atoms with van der Waals surface area (Å²) >= 11 is 16.5. The van der Waals surface area contributed by atoms with E-state index in [1.165, 1.54) is 4.90 Å².